The summed E-state index contributed by atoms with van der Waals surface area (Å²) >= 11 is 0. The van der Waals surface area contributed by atoms with Gasteiger partial charge in [-0.3, -0.25) is 9.79 Å². The number of rotatable bonds is 5. The number of hydrogen-bond donors (Lipinski definition) is 2. The number of hydrogen-bond acceptors (Lipinski definition) is 3. The summed E-state index contributed by atoms with van der Waals surface area (Å²) in [4.78, 5) is 14.7. The van der Waals surface area contributed by atoms with Gasteiger partial charge in [-0.25, -0.2) is 0 Å². The summed E-state index contributed by atoms with van der Waals surface area (Å²) in [6, 6.07) is 7.68. The van der Waals surface area contributed by atoms with Crippen molar-refractivity contribution in [3.63, 3.8) is 0 Å². The number of benzene rings is 1. The zero-order valence-electron chi connectivity index (χ0n) is 11.3. The minimum Gasteiger partial charge on any atom is -0.481 e. The number of aliphatic hydroxyl groups excluding tert-OH is 1. The van der Waals surface area contributed by atoms with Gasteiger partial charge < -0.3 is 10.2 Å². The molecule has 0 amide bonds. The second kappa shape index (κ2) is 6.30. The first-order valence-electron chi connectivity index (χ1n) is 6.52. The first-order chi connectivity index (χ1) is 9.56. The Morgan fingerprint density at radius 2 is 2.25 bits per heavy atom. The molecule has 0 bridgehead atoms. The predicted molar refractivity (Wildman–Crippen MR) is 78.5 cm³/mol. The number of nitrogens with zero attached hydrogens (tertiary/aromatic N) is 1. The molecule has 104 valence electrons. The van der Waals surface area contributed by atoms with Crippen molar-refractivity contribution >= 4 is 17.8 Å². The SMILES string of the molecule is C[C@@H](O)c1cccc(C2=C/C(=C/CCC(=O)O)N=C2)c1. The molecular formula is C16H17NO3. The number of carboxylic acids is 1. The van der Waals surface area contributed by atoms with Gasteiger partial charge >= 0.3 is 5.97 Å². The molecule has 1 atom stereocenters. The van der Waals surface area contributed by atoms with Crippen molar-refractivity contribution in [2.45, 2.75) is 25.9 Å². The van der Waals surface area contributed by atoms with Gasteiger partial charge in [0.2, 0.25) is 0 Å². The van der Waals surface area contributed by atoms with E-state index in [9.17, 15) is 9.90 Å². The van der Waals surface area contributed by atoms with E-state index in [1.54, 1.807) is 13.1 Å². The molecule has 4 heteroatoms. The van der Waals surface area contributed by atoms with Crippen molar-refractivity contribution in [1.82, 2.24) is 0 Å². The normalized spacial score (nSPS) is 17.3. The lowest BCUT2D eigenvalue weighted by Crippen LogP contribution is -1.92. The molecule has 2 N–H and O–H groups in total. The van der Waals surface area contributed by atoms with Crippen LogP contribution in [-0.4, -0.2) is 22.4 Å². The Morgan fingerprint density at radius 3 is 2.95 bits per heavy atom. The van der Waals surface area contributed by atoms with Gasteiger partial charge in [0.25, 0.3) is 0 Å². The molecule has 0 unspecified atom stereocenters. The molecule has 1 aromatic rings. The fourth-order valence-electron chi connectivity index (χ4n) is 1.97. The monoisotopic (exact) mass is 271 g/mol. The Bertz CT molecular complexity index is 597. The topological polar surface area (TPSA) is 69.9 Å². The van der Waals surface area contributed by atoms with Crippen molar-refractivity contribution in [3.8, 4) is 0 Å². The van der Waals surface area contributed by atoms with Crippen LogP contribution in [0.3, 0.4) is 0 Å². The lowest BCUT2D eigenvalue weighted by Gasteiger charge is -2.06. The van der Waals surface area contributed by atoms with E-state index < -0.39 is 12.1 Å². The lowest BCUT2D eigenvalue weighted by atomic mass is 10.0. The van der Waals surface area contributed by atoms with E-state index in [-0.39, 0.29) is 6.42 Å². The predicted octanol–water partition coefficient (Wildman–Crippen LogP) is 2.96. The van der Waals surface area contributed by atoms with Crippen molar-refractivity contribution in [1.29, 1.82) is 0 Å². The third kappa shape index (κ3) is 3.65. The molecule has 2 rings (SSSR count). The van der Waals surface area contributed by atoms with Crippen LogP contribution < -0.4 is 0 Å². The minimum absolute atomic E-state index is 0.111. The summed E-state index contributed by atoms with van der Waals surface area (Å²) in [6.07, 6.45) is 5.58. The third-order valence-electron chi connectivity index (χ3n) is 3.07. The summed E-state index contributed by atoms with van der Waals surface area (Å²) in [6.45, 7) is 1.73. The maximum atomic E-state index is 10.5. The lowest BCUT2D eigenvalue weighted by molar-refractivity contribution is -0.136. The standard InChI is InChI=1S/C16H17NO3/c1-11(18)12-4-2-5-13(8-12)14-9-15(17-10-14)6-3-7-16(19)20/h2,4-6,8-11,18H,3,7H2,1H3,(H,19,20)/b15-6-/t11-/m1/s1. The molecule has 0 radical (unpaired) electrons. The molecule has 0 aliphatic carbocycles. The van der Waals surface area contributed by atoms with Crippen LogP contribution in [0, 0.1) is 0 Å². The average molecular weight is 271 g/mol. The van der Waals surface area contributed by atoms with Crippen LogP contribution in [-0.2, 0) is 4.79 Å². The second-order valence-corrected chi connectivity index (χ2v) is 4.72. The number of allylic oxidation sites excluding steroid dienone is 3. The van der Waals surface area contributed by atoms with Crippen LogP contribution in [0.25, 0.3) is 5.57 Å². The molecule has 0 spiro atoms. The summed E-state index contributed by atoms with van der Waals surface area (Å²) in [5.74, 6) is -0.808. The molecule has 1 aliphatic heterocycles. The molecule has 0 aromatic heterocycles. The van der Waals surface area contributed by atoms with Crippen molar-refractivity contribution in [2.24, 2.45) is 4.99 Å². The molecule has 4 nitrogen and oxygen atoms in total. The van der Waals surface area contributed by atoms with Crippen LogP contribution in [0.2, 0.25) is 0 Å². The molecule has 0 saturated heterocycles. The molecule has 1 aliphatic rings. The number of aliphatic hydroxyl groups is 1. The first-order valence-corrected chi connectivity index (χ1v) is 6.52. The summed E-state index contributed by atoms with van der Waals surface area (Å²) < 4.78 is 0. The van der Waals surface area contributed by atoms with Gasteiger partial charge in [0.15, 0.2) is 0 Å². The van der Waals surface area contributed by atoms with Crippen molar-refractivity contribution < 1.29 is 15.0 Å². The molecule has 1 aromatic carbocycles. The fourth-order valence-corrected chi connectivity index (χ4v) is 1.97. The number of carbonyl (C=O) groups is 1. The first kappa shape index (κ1) is 14.2. The van der Waals surface area contributed by atoms with E-state index in [1.807, 2.05) is 36.4 Å². The number of aliphatic carboxylic acids is 1. The Kier molecular flexibility index (Phi) is 4.48. The van der Waals surface area contributed by atoms with Gasteiger partial charge in [0.1, 0.15) is 0 Å². The Hall–Kier alpha value is -2.20. The summed E-state index contributed by atoms with van der Waals surface area (Å²) in [5, 5.41) is 18.2. The zero-order chi connectivity index (χ0) is 14.5. The van der Waals surface area contributed by atoms with E-state index in [4.69, 9.17) is 5.11 Å². The Morgan fingerprint density at radius 1 is 1.45 bits per heavy atom. The molecule has 0 fully saturated rings. The second-order valence-electron chi connectivity index (χ2n) is 4.72. The van der Waals surface area contributed by atoms with E-state index >= 15 is 0 Å². The molecule has 0 saturated carbocycles. The van der Waals surface area contributed by atoms with Gasteiger partial charge in [-0.2, -0.15) is 0 Å². The zero-order valence-corrected chi connectivity index (χ0v) is 11.3. The number of aliphatic imine (C=N–C) groups is 1. The van der Waals surface area contributed by atoms with E-state index in [2.05, 4.69) is 4.99 Å². The third-order valence-corrected chi connectivity index (χ3v) is 3.07. The minimum atomic E-state index is -0.808. The van der Waals surface area contributed by atoms with Crippen LogP contribution in [0.1, 0.15) is 37.0 Å². The average Bonchev–Trinajstić information content (AvgIpc) is 2.87. The Balaban J connectivity index is 2.13. The van der Waals surface area contributed by atoms with Crippen molar-refractivity contribution in [3.05, 3.63) is 53.2 Å². The van der Waals surface area contributed by atoms with Gasteiger partial charge in [0.05, 0.1) is 11.8 Å². The van der Waals surface area contributed by atoms with Crippen LogP contribution >= 0.6 is 0 Å². The molecule has 1 heterocycles. The summed E-state index contributed by atoms with van der Waals surface area (Å²) in [7, 11) is 0. The quantitative estimate of drug-likeness (QED) is 0.865. The number of carboxylic acid groups (broad SMARTS) is 1. The maximum Gasteiger partial charge on any atom is 0.303 e. The van der Waals surface area contributed by atoms with E-state index in [0.717, 1.165) is 22.4 Å². The smallest absolute Gasteiger partial charge is 0.303 e. The largest absolute Gasteiger partial charge is 0.481 e. The van der Waals surface area contributed by atoms with Gasteiger partial charge in [-0.1, -0.05) is 24.3 Å². The van der Waals surface area contributed by atoms with E-state index in [0.29, 0.717) is 6.42 Å². The highest BCUT2D eigenvalue weighted by atomic mass is 16.4. The van der Waals surface area contributed by atoms with Gasteiger partial charge in [-0.15, -0.1) is 0 Å². The maximum absolute atomic E-state index is 10.5. The van der Waals surface area contributed by atoms with Gasteiger partial charge in [0, 0.05) is 18.2 Å². The Labute approximate surface area is 117 Å². The van der Waals surface area contributed by atoms with E-state index in [1.165, 1.54) is 0 Å². The molecule has 20 heavy (non-hydrogen) atoms. The molecular weight excluding hydrogens is 254 g/mol. The van der Waals surface area contributed by atoms with Crippen molar-refractivity contribution in [2.75, 3.05) is 0 Å². The fraction of sp³-hybridized carbons (Fsp3) is 0.250. The van der Waals surface area contributed by atoms with Crippen LogP contribution in [0.4, 0.5) is 0 Å². The van der Waals surface area contributed by atoms with Gasteiger partial charge in [-0.05, 0) is 36.6 Å². The highest BCUT2D eigenvalue weighted by Gasteiger charge is 2.08. The highest BCUT2D eigenvalue weighted by molar-refractivity contribution is 6.13. The van der Waals surface area contributed by atoms with Crippen LogP contribution in [0.5, 0.6) is 0 Å². The van der Waals surface area contributed by atoms with Crippen LogP contribution in [0.15, 0.2) is 47.1 Å². The highest BCUT2D eigenvalue weighted by Crippen LogP contribution is 2.24. The summed E-state index contributed by atoms with van der Waals surface area (Å²) in [5.41, 5.74) is 3.60.